The summed E-state index contributed by atoms with van der Waals surface area (Å²) in [6.45, 7) is 5.20. The van der Waals surface area contributed by atoms with Gasteiger partial charge in [-0.25, -0.2) is 0 Å². The van der Waals surface area contributed by atoms with Gasteiger partial charge in [-0.15, -0.1) is 0 Å². The predicted molar refractivity (Wildman–Crippen MR) is 338 cm³/mol. The summed E-state index contributed by atoms with van der Waals surface area (Å²) in [5.41, 5.74) is 0. The monoisotopic (exact) mass is 1370 g/mol. The molecule has 6 aliphatic heterocycles. The number of rotatable bonds is 13. The van der Waals surface area contributed by atoms with Crippen molar-refractivity contribution in [2.24, 2.45) is 17.8 Å². The highest BCUT2D eigenvalue weighted by molar-refractivity contribution is 5.80. The number of likely N-dealkylation sites (tertiary alicyclic amines) is 1. The van der Waals surface area contributed by atoms with Gasteiger partial charge < -0.3 is 136 Å². The first-order valence-electron chi connectivity index (χ1n) is 33.1. The minimum Gasteiger partial charge on any atom is -0.462 e. The van der Waals surface area contributed by atoms with Gasteiger partial charge in [0.05, 0.1) is 105 Å². The lowest BCUT2D eigenvalue weighted by Gasteiger charge is -2.48. The van der Waals surface area contributed by atoms with Crippen molar-refractivity contribution in [2.75, 3.05) is 39.4 Å². The smallest absolute Gasteiger partial charge is 0.308 e. The second-order valence-corrected chi connectivity index (χ2v) is 26.2. The number of fused-ring (bicyclic) bond motifs is 2. The molecule has 6 heterocycles. The highest BCUT2D eigenvalue weighted by Gasteiger charge is 2.55. The van der Waals surface area contributed by atoms with Gasteiger partial charge >= 0.3 is 5.97 Å². The summed E-state index contributed by atoms with van der Waals surface area (Å²) in [4.78, 5) is 41.2. The van der Waals surface area contributed by atoms with E-state index >= 15 is 0 Å². The molecular weight excluding hydrogens is 1270 g/mol. The standard InChI is InChI=1S/C66H105N3O27/c1-36-19-15-13-11-9-7-5-6-8-10-12-14-16-20-43(93-63-57(83)53(55(81)39(4)92-63)68-35-66(89)61(86)60(47(77)34-90-66)95-64-59(85)58(84)56(82)49(33-70)94-64)30-48-52(62(87)67-24-18-26-69-25-17-21-50(69)78)46(76)32-65(88,96-48)31-42(73)28-45(75)44(74)23-22-40(71)27-41(72)29-51(79)91-38(3)37(2)54(36)80/h5-16,19-20,36-49,52-61,63-64,68,70-77,80-86,88-89H,17-18,21-35H2,1-4H3,(H,67,87)/t36-,37-,38-,39+,40+,41+,42-,43-,44+,45+,46-,47+,48?,49+,52?,53-,54+,55+,56+,57-,58-,59+,60+,61-,63?,64?,65+,66+/m0/s1. The fraction of sp³-hybridized carbons (Fsp3) is 0.742. The maximum absolute atomic E-state index is 14.3. The number of esters is 1. The molecule has 30 heteroatoms. The van der Waals surface area contributed by atoms with E-state index in [0.717, 1.165) is 0 Å². The van der Waals surface area contributed by atoms with Crippen LogP contribution in [0.1, 0.15) is 98.3 Å². The number of nitrogens with zero attached hydrogens (tertiary/aromatic N) is 1. The summed E-state index contributed by atoms with van der Waals surface area (Å²) in [7, 11) is 0. The molecule has 2 amide bonds. The van der Waals surface area contributed by atoms with Crippen molar-refractivity contribution >= 4 is 17.8 Å². The predicted octanol–water partition coefficient (Wildman–Crippen LogP) is -3.99. The molecule has 5 saturated heterocycles. The summed E-state index contributed by atoms with van der Waals surface area (Å²) < 4.78 is 40.8. The fourth-order valence-corrected chi connectivity index (χ4v) is 12.5. The van der Waals surface area contributed by atoms with Crippen molar-refractivity contribution in [3.8, 4) is 0 Å². The van der Waals surface area contributed by atoms with Gasteiger partial charge in [0.15, 0.2) is 18.4 Å². The number of hydrogen-bond donors (Lipinski definition) is 19. The van der Waals surface area contributed by atoms with E-state index < -0.39 is 228 Å². The van der Waals surface area contributed by atoms with Crippen molar-refractivity contribution in [2.45, 2.75) is 251 Å². The van der Waals surface area contributed by atoms with E-state index in [1.54, 1.807) is 91.7 Å². The topological polar surface area (TPSA) is 487 Å². The number of aliphatic hydroxyl groups excluding tert-OH is 15. The molecule has 0 spiro atoms. The van der Waals surface area contributed by atoms with E-state index in [2.05, 4.69) is 10.6 Å². The number of carbonyl (C=O) groups excluding carboxylic acids is 3. The third-order valence-corrected chi connectivity index (χ3v) is 18.4. The van der Waals surface area contributed by atoms with E-state index in [1.807, 2.05) is 6.92 Å². The van der Waals surface area contributed by atoms with Crippen LogP contribution >= 0.6 is 0 Å². The molecule has 546 valence electrons. The van der Waals surface area contributed by atoms with Gasteiger partial charge in [0.2, 0.25) is 17.6 Å². The Morgan fingerprint density at radius 2 is 1.28 bits per heavy atom. The van der Waals surface area contributed by atoms with Crippen molar-refractivity contribution < 1.29 is 134 Å². The van der Waals surface area contributed by atoms with E-state index in [1.165, 1.54) is 19.1 Å². The van der Waals surface area contributed by atoms with E-state index in [0.29, 0.717) is 32.4 Å². The van der Waals surface area contributed by atoms with E-state index in [9.17, 15) is 101 Å². The Morgan fingerprint density at radius 3 is 1.92 bits per heavy atom. The highest BCUT2D eigenvalue weighted by atomic mass is 16.7. The van der Waals surface area contributed by atoms with Gasteiger partial charge in [0.1, 0.15) is 54.9 Å². The van der Waals surface area contributed by atoms with Crippen LogP contribution in [0.25, 0.3) is 0 Å². The molecule has 0 aromatic carbocycles. The molecule has 5 fully saturated rings. The molecule has 0 radical (unpaired) electrons. The van der Waals surface area contributed by atoms with Gasteiger partial charge in [0, 0.05) is 63.6 Å². The molecule has 19 N–H and O–H groups in total. The zero-order chi connectivity index (χ0) is 70.6. The Balaban J connectivity index is 1.26. The van der Waals surface area contributed by atoms with Crippen LogP contribution in [0.2, 0.25) is 0 Å². The zero-order valence-corrected chi connectivity index (χ0v) is 54.7. The van der Waals surface area contributed by atoms with Crippen molar-refractivity contribution in [3.63, 3.8) is 0 Å². The average Bonchev–Trinajstić information content (AvgIpc) is 1.21. The Labute approximate surface area is 558 Å². The van der Waals surface area contributed by atoms with Crippen molar-refractivity contribution in [1.82, 2.24) is 15.5 Å². The first-order valence-corrected chi connectivity index (χ1v) is 33.1. The summed E-state index contributed by atoms with van der Waals surface area (Å²) in [6, 6.07) is -1.49. The Bertz CT molecular complexity index is 2610. The second kappa shape index (κ2) is 38.4. The molecule has 30 nitrogen and oxygen atoms in total. The van der Waals surface area contributed by atoms with Gasteiger partial charge in [0.25, 0.3) is 0 Å². The lowest BCUT2D eigenvalue weighted by atomic mass is 9.82. The molecule has 96 heavy (non-hydrogen) atoms. The number of cyclic esters (lactones) is 1. The van der Waals surface area contributed by atoms with Crippen molar-refractivity contribution in [1.29, 1.82) is 0 Å². The summed E-state index contributed by atoms with van der Waals surface area (Å²) in [5.74, 6) is -8.95. The van der Waals surface area contributed by atoms with Crippen LogP contribution < -0.4 is 10.6 Å². The van der Waals surface area contributed by atoms with E-state index in [4.69, 9.17) is 33.2 Å². The van der Waals surface area contributed by atoms with Crippen LogP contribution in [0.5, 0.6) is 0 Å². The van der Waals surface area contributed by atoms with Gasteiger partial charge in [-0.1, -0.05) is 98.9 Å². The number of aliphatic hydroxyl groups is 17. The molecule has 0 aliphatic carbocycles. The molecule has 2 bridgehead atoms. The zero-order valence-electron chi connectivity index (χ0n) is 54.7. The molecule has 28 atom stereocenters. The average molecular weight is 1370 g/mol. The normalized spacial score (nSPS) is 42.9. The van der Waals surface area contributed by atoms with Crippen LogP contribution in [0.4, 0.5) is 0 Å². The molecule has 0 saturated carbocycles. The molecule has 4 unspecified atom stereocenters. The van der Waals surface area contributed by atoms with Crippen molar-refractivity contribution in [3.05, 3.63) is 85.1 Å². The first-order chi connectivity index (χ1) is 45.5. The lowest BCUT2D eigenvalue weighted by molar-refractivity contribution is -0.368. The Morgan fingerprint density at radius 1 is 0.646 bits per heavy atom. The summed E-state index contributed by atoms with van der Waals surface area (Å²) >= 11 is 0. The summed E-state index contributed by atoms with van der Waals surface area (Å²) in [5, 5.41) is 194. The van der Waals surface area contributed by atoms with Gasteiger partial charge in [-0.05, 0) is 46.0 Å². The fourth-order valence-electron chi connectivity index (χ4n) is 12.5. The number of hydrogen-bond acceptors (Lipinski definition) is 28. The number of allylic oxidation sites excluding steroid dienone is 12. The highest BCUT2D eigenvalue weighted by Crippen LogP contribution is 2.39. The second-order valence-electron chi connectivity index (χ2n) is 26.2. The number of nitrogens with one attached hydrogen (secondary N) is 2. The Hall–Kier alpha value is -4.37. The van der Waals surface area contributed by atoms with E-state index in [-0.39, 0.29) is 37.6 Å². The molecule has 0 aromatic heterocycles. The SMILES string of the molecule is C[C@@H]1[C@H](O)[C@@H](C)C=CC=CC=CC=CC=CC=CC=C[C@H](OC2O[C@H](C)[C@@H](O)[C@H](NC[C@@]3(O)OC[C@@H](O)[C@@H](OC4O[C@H](CO)[C@@H](O)[C@H](O)[C@H]4O)[C@@H]3O)[C@@H]2O)CC2O[C@](O)(C[C@@H](O)C[C@@H](O)[C@H](O)CC[C@@H](O)C[C@@H](O)CC(=O)O[C@H]1C)C[C@H](O)C2C(=O)NCCCN1CCCC1=O. The number of ether oxygens (including phenoxy) is 7. The Kier molecular flexibility index (Phi) is 32.3. The number of amides is 2. The molecular formula is C66H105N3O27. The molecule has 6 aliphatic rings. The van der Waals surface area contributed by atoms with Crippen LogP contribution in [0.15, 0.2) is 85.1 Å². The van der Waals surface area contributed by atoms with Crippen LogP contribution in [0.3, 0.4) is 0 Å². The van der Waals surface area contributed by atoms with Crippen LogP contribution in [-0.2, 0) is 47.5 Å². The maximum atomic E-state index is 14.3. The molecule has 0 aromatic rings. The minimum atomic E-state index is -2.69. The van der Waals surface area contributed by atoms with Crippen LogP contribution in [-0.4, -0.2) is 301 Å². The third-order valence-electron chi connectivity index (χ3n) is 18.4. The number of carbonyl (C=O) groups is 3. The van der Waals surface area contributed by atoms with Gasteiger partial charge in [-0.2, -0.15) is 0 Å². The molecule has 6 rings (SSSR count). The minimum absolute atomic E-state index is 0.0244. The summed E-state index contributed by atoms with van der Waals surface area (Å²) in [6.07, 6.45) is -12.7. The third kappa shape index (κ3) is 23.4. The maximum Gasteiger partial charge on any atom is 0.308 e. The lowest BCUT2D eigenvalue weighted by Crippen LogP contribution is -2.70. The van der Waals surface area contributed by atoms with Crippen LogP contribution in [0, 0.1) is 17.8 Å². The van der Waals surface area contributed by atoms with Gasteiger partial charge in [-0.3, -0.25) is 14.4 Å². The first kappa shape index (κ1) is 80.6. The largest absolute Gasteiger partial charge is 0.462 e. The quantitative estimate of drug-likeness (QED) is 0.0617.